The lowest BCUT2D eigenvalue weighted by molar-refractivity contribution is -0.130. The smallest absolute Gasteiger partial charge is 0.224 e. The van der Waals surface area contributed by atoms with Crippen LogP contribution < -0.4 is 4.90 Å². The fourth-order valence-corrected chi connectivity index (χ4v) is 2.57. The van der Waals surface area contributed by atoms with Crippen LogP contribution in [-0.2, 0) is 4.79 Å². The Morgan fingerprint density at radius 2 is 1.27 bits per heavy atom. The van der Waals surface area contributed by atoms with Crippen LogP contribution in [-0.4, -0.2) is 30.4 Å². The second-order valence-electron chi connectivity index (χ2n) is 5.14. The molecule has 0 aromatic heterocycles. The molecule has 22 heavy (non-hydrogen) atoms. The molecule has 0 atom stereocenters. The first kappa shape index (κ1) is 16.1. The van der Waals surface area contributed by atoms with Crippen LogP contribution >= 0.6 is 0 Å². The van der Waals surface area contributed by atoms with Crippen molar-refractivity contribution < 1.29 is 4.79 Å². The summed E-state index contributed by atoms with van der Waals surface area (Å²) in [4.78, 5) is 16.4. The second-order valence-corrected chi connectivity index (χ2v) is 5.14. The summed E-state index contributed by atoms with van der Waals surface area (Å²) in [6.45, 7) is 6.27. The van der Waals surface area contributed by atoms with Gasteiger partial charge in [0.25, 0.3) is 0 Å². The third kappa shape index (κ3) is 4.10. The van der Waals surface area contributed by atoms with Gasteiger partial charge in [-0.2, -0.15) is 0 Å². The van der Waals surface area contributed by atoms with E-state index in [-0.39, 0.29) is 5.91 Å². The molecule has 2 aromatic carbocycles. The number of benzene rings is 2. The summed E-state index contributed by atoms with van der Waals surface area (Å²) in [6.07, 6.45) is 0.519. The highest BCUT2D eigenvalue weighted by Gasteiger charge is 2.14. The first-order valence-corrected chi connectivity index (χ1v) is 7.91. The molecule has 0 bridgehead atoms. The Morgan fingerprint density at radius 1 is 0.818 bits per heavy atom. The molecule has 0 unspecified atom stereocenters. The molecular formula is C19H24N2O. The predicted molar refractivity (Wildman–Crippen MR) is 92.4 cm³/mol. The van der Waals surface area contributed by atoms with Crippen molar-refractivity contribution in [3.8, 4) is 0 Å². The van der Waals surface area contributed by atoms with E-state index in [0.717, 1.165) is 24.5 Å². The van der Waals surface area contributed by atoms with Gasteiger partial charge in [-0.05, 0) is 38.1 Å². The SMILES string of the molecule is CCN(CC)C(=O)CCN(c1ccccc1)c1ccccc1. The standard InChI is InChI=1S/C19H24N2O/c1-3-20(4-2)19(22)15-16-21(17-11-7-5-8-12-17)18-13-9-6-10-14-18/h5-14H,3-4,15-16H2,1-2H3. The zero-order chi connectivity index (χ0) is 15.8. The van der Waals surface area contributed by atoms with Crippen molar-refractivity contribution in [3.63, 3.8) is 0 Å². The summed E-state index contributed by atoms with van der Waals surface area (Å²) in [7, 11) is 0. The van der Waals surface area contributed by atoms with Crippen LogP contribution in [0.5, 0.6) is 0 Å². The first-order valence-electron chi connectivity index (χ1n) is 7.91. The van der Waals surface area contributed by atoms with Crippen LogP contribution in [0.4, 0.5) is 11.4 Å². The van der Waals surface area contributed by atoms with Gasteiger partial charge < -0.3 is 9.80 Å². The largest absolute Gasteiger partial charge is 0.343 e. The number of amides is 1. The number of carbonyl (C=O) groups excluding carboxylic acids is 1. The summed E-state index contributed by atoms with van der Waals surface area (Å²) in [5.74, 6) is 0.210. The van der Waals surface area contributed by atoms with E-state index in [1.807, 2.05) is 55.1 Å². The molecule has 3 heteroatoms. The lowest BCUT2D eigenvalue weighted by atomic mass is 10.2. The average molecular weight is 296 g/mol. The maximum absolute atomic E-state index is 12.3. The monoisotopic (exact) mass is 296 g/mol. The molecule has 0 saturated carbocycles. The highest BCUT2D eigenvalue weighted by Crippen LogP contribution is 2.25. The Labute approximate surface area is 133 Å². The van der Waals surface area contributed by atoms with Gasteiger partial charge in [-0.15, -0.1) is 0 Å². The molecular weight excluding hydrogens is 272 g/mol. The van der Waals surface area contributed by atoms with Crippen LogP contribution in [0.15, 0.2) is 60.7 Å². The number of hydrogen-bond acceptors (Lipinski definition) is 2. The van der Waals surface area contributed by atoms with Gasteiger partial charge in [0.2, 0.25) is 5.91 Å². The van der Waals surface area contributed by atoms with E-state index in [2.05, 4.69) is 29.2 Å². The van der Waals surface area contributed by atoms with Gasteiger partial charge in [0, 0.05) is 37.4 Å². The Balaban J connectivity index is 2.15. The zero-order valence-electron chi connectivity index (χ0n) is 13.4. The Hall–Kier alpha value is -2.29. The number of rotatable bonds is 7. The van der Waals surface area contributed by atoms with E-state index in [1.54, 1.807) is 0 Å². The van der Waals surface area contributed by atoms with Crippen molar-refractivity contribution in [3.05, 3.63) is 60.7 Å². The Kier molecular flexibility index (Phi) is 6.01. The number of para-hydroxylation sites is 2. The highest BCUT2D eigenvalue weighted by molar-refractivity contribution is 5.77. The van der Waals surface area contributed by atoms with Crippen molar-refractivity contribution in [1.29, 1.82) is 0 Å². The normalized spacial score (nSPS) is 10.3. The summed E-state index contributed by atoms with van der Waals surface area (Å²) in [5.41, 5.74) is 2.22. The van der Waals surface area contributed by atoms with E-state index in [9.17, 15) is 4.79 Å². The summed E-state index contributed by atoms with van der Waals surface area (Å²) in [6, 6.07) is 20.4. The number of hydrogen-bond donors (Lipinski definition) is 0. The average Bonchev–Trinajstić information content (AvgIpc) is 2.58. The maximum atomic E-state index is 12.3. The topological polar surface area (TPSA) is 23.6 Å². The molecule has 0 spiro atoms. The van der Waals surface area contributed by atoms with E-state index in [0.29, 0.717) is 13.0 Å². The van der Waals surface area contributed by atoms with E-state index in [1.165, 1.54) is 0 Å². The zero-order valence-corrected chi connectivity index (χ0v) is 13.4. The Morgan fingerprint density at radius 3 is 1.68 bits per heavy atom. The Bertz CT molecular complexity index is 525. The van der Waals surface area contributed by atoms with Gasteiger partial charge in [-0.1, -0.05) is 36.4 Å². The number of nitrogens with zero attached hydrogens (tertiary/aromatic N) is 2. The summed E-state index contributed by atoms with van der Waals surface area (Å²) >= 11 is 0. The molecule has 116 valence electrons. The molecule has 0 aliphatic carbocycles. The molecule has 2 rings (SSSR count). The van der Waals surface area contributed by atoms with Crippen LogP contribution in [0.3, 0.4) is 0 Å². The minimum absolute atomic E-state index is 0.210. The highest BCUT2D eigenvalue weighted by atomic mass is 16.2. The lowest BCUT2D eigenvalue weighted by Crippen LogP contribution is -2.33. The first-order chi connectivity index (χ1) is 10.8. The maximum Gasteiger partial charge on any atom is 0.224 e. The molecule has 0 saturated heterocycles. The molecule has 0 N–H and O–H groups in total. The van der Waals surface area contributed by atoms with Gasteiger partial charge in [-0.3, -0.25) is 4.79 Å². The van der Waals surface area contributed by atoms with Crippen LogP contribution in [0.25, 0.3) is 0 Å². The fourth-order valence-electron chi connectivity index (χ4n) is 2.57. The molecule has 0 fully saturated rings. The second kappa shape index (κ2) is 8.23. The van der Waals surface area contributed by atoms with Gasteiger partial charge in [0.05, 0.1) is 0 Å². The van der Waals surface area contributed by atoms with Crippen molar-refractivity contribution in [2.24, 2.45) is 0 Å². The van der Waals surface area contributed by atoms with Gasteiger partial charge >= 0.3 is 0 Å². The third-order valence-corrected chi connectivity index (χ3v) is 3.80. The van der Waals surface area contributed by atoms with Crippen LogP contribution in [0, 0.1) is 0 Å². The summed E-state index contributed by atoms with van der Waals surface area (Å²) in [5, 5.41) is 0. The minimum Gasteiger partial charge on any atom is -0.343 e. The summed E-state index contributed by atoms with van der Waals surface area (Å²) < 4.78 is 0. The quantitative estimate of drug-likeness (QED) is 0.768. The molecule has 1 amide bonds. The number of anilines is 2. The van der Waals surface area contributed by atoms with Gasteiger partial charge in [-0.25, -0.2) is 0 Å². The third-order valence-electron chi connectivity index (χ3n) is 3.80. The van der Waals surface area contributed by atoms with Crippen LogP contribution in [0.1, 0.15) is 20.3 Å². The van der Waals surface area contributed by atoms with Crippen LogP contribution in [0.2, 0.25) is 0 Å². The molecule has 0 aliphatic heterocycles. The molecule has 3 nitrogen and oxygen atoms in total. The van der Waals surface area contributed by atoms with Crippen molar-refractivity contribution in [2.75, 3.05) is 24.5 Å². The molecule has 0 heterocycles. The molecule has 2 aromatic rings. The number of carbonyl (C=O) groups is 1. The van der Waals surface area contributed by atoms with E-state index in [4.69, 9.17) is 0 Å². The van der Waals surface area contributed by atoms with Gasteiger partial charge in [0.15, 0.2) is 0 Å². The van der Waals surface area contributed by atoms with E-state index < -0.39 is 0 Å². The molecule has 0 aliphatic rings. The molecule has 0 radical (unpaired) electrons. The van der Waals surface area contributed by atoms with Crippen molar-refractivity contribution in [2.45, 2.75) is 20.3 Å². The predicted octanol–water partition coefficient (Wildman–Crippen LogP) is 4.08. The van der Waals surface area contributed by atoms with E-state index >= 15 is 0 Å². The van der Waals surface area contributed by atoms with Crippen molar-refractivity contribution in [1.82, 2.24) is 4.90 Å². The minimum atomic E-state index is 0.210. The fraction of sp³-hybridized carbons (Fsp3) is 0.316. The lowest BCUT2D eigenvalue weighted by Gasteiger charge is -2.26. The van der Waals surface area contributed by atoms with Gasteiger partial charge in [0.1, 0.15) is 0 Å². The van der Waals surface area contributed by atoms with Crippen molar-refractivity contribution >= 4 is 17.3 Å².